The molecule has 4 aromatic rings. The standard InChI is InChI=1S/C32H24BrF4N3O3S/c1-2-26(32(43)40-29-27(36)23(34)17-24(35)28(29)37)44-22-13-7-12-21(16-22)38-31(42)25(15-18-8-6-11-20(33)14-18)39-30(41)19-9-4-3-5-10-19/h3-17,26H,2H2,1H3,(H,38,42)(H,39,41)(H,40,43)/b25-15+. The van der Waals surface area contributed by atoms with E-state index < -0.39 is 51.9 Å². The lowest BCUT2D eigenvalue weighted by atomic mass is 10.1. The highest BCUT2D eigenvalue weighted by atomic mass is 79.9. The third-order valence-electron chi connectivity index (χ3n) is 6.08. The summed E-state index contributed by atoms with van der Waals surface area (Å²) in [5, 5.41) is 6.41. The molecule has 1 atom stereocenters. The van der Waals surface area contributed by atoms with Crippen LogP contribution in [-0.4, -0.2) is 23.0 Å². The number of thioether (sulfide) groups is 1. The number of rotatable bonds is 10. The van der Waals surface area contributed by atoms with Gasteiger partial charge in [0, 0.05) is 26.7 Å². The summed E-state index contributed by atoms with van der Waals surface area (Å²) >= 11 is 4.40. The van der Waals surface area contributed by atoms with Crippen molar-refractivity contribution >= 4 is 62.9 Å². The summed E-state index contributed by atoms with van der Waals surface area (Å²) in [6, 6.07) is 22.0. The normalized spacial score (nSPS) is 11.9. The number of hydrogen-bond acceptors (Lipinski definition) is 4. The van der Waals surface area contributed by atoms with E-state index in [2.05, 4.69) is 26.6 Å². The van der Waals surface area contributed by atoms with Crippen LogP contribution in [0, 0.1) is 23.3 Å². The molecule has 4 rings (SSSR count). The van der Waals surface area contributed by atoms with Crippen molar-refractivity contribution in [2.45, 2.75) is 23.5 Å². The Hall–Kier alpha value is -4.42. The van der Waals surface area contributed by atoms with Crippen molar-refractivity contribution < 1.29 is 31.9 Å². The molecule has 0 fully saturated rings. The maximum Gasteiger partial charge on any atom is 0.272 e. The molecule has 3 amide bonds. The molecule has 226 valence electrons. The van der Waals surface area contributed by atoms with Gasteiger partial charge < -0.3 is 16.0 Å². The summed E-state index contributed by atoms with van der Waals surface area (Å²) < 4.78 is 56.2. The Morgan fingerprint density at radius 2 is 1.52 bits per heavy atom. The predicted molar refractivity (Wildman–Crippen MR) is 166 cm³/mol. The molecule has 0 saturated carbocycles. The smallest absolute Gasteiger partial charge is 0.272 e. The first kappa shape index (κ1) is 32.5. The van der Waals surface area contributed by atoms with Gasteiger partial charge in [0.1, 0.15) is 11.4 Å². The molecule has 0 spiro atoms. The van der Waals surface area contributed by atoms with E-state index in [0.29, 0.717) is 21.7 Å². The van der Waals surface area contributed by atoms with Gasteiger partial charge in [0.05, 0.1) is 5.25 Å². The van der Waals surface area contributed by atoms with E-state index in [1.165, 1.54) is 6.08 Å². The van der Waals surface area contributed by atoms with E-state index in [4.69, 9.17) is 0 Å². The average Bonchev–Trinajstić information content (AvgIpc) is 3.01. The van der Waals surface area contributed by atoms with E-state index >= 15 is 0 Å². The molecule has 6 nitrogen and oxygen atoms in total. The van der Waals surface area contributed by atoms with Crippen molar-refractivity contribution in [2.24, 2.45) is 0 Å². The zero-order valence-electron chi connectivity index (χ0n) is 23.0. The van der Waals surface area contributed by atoms with Gasteiger partial charge in [-0.05, 0) is 60.5 Å². The van der Waals surface area contributed by atoms with E-state index in [1.54, 1.807) is 79.7 Å². The molecule has 44 heavy (non-hydrogen) atoms. The molecule has 0 aliphatic carbocycles. The highest BCUT2D eigenvalue weighted by Crippen LogP contribution is 2.30. The van der Waals surface area contributed by atoms with E-state index in [9.17, 15) is 31.9 Å². The van der Waals surface area contributed by atoms with Crippen molar-refractivity contribution in [2.75, 3.05) is 10.6 Å². The number of carbonyl (C=O) groups is 3. The Kier molecular flexibility index (Phi) is 11.0. The number of anilines is 2. The fourth-order valence-corrected chi connectivity index (χ4v) is 5.35. The highest BCUT2D eigenvalue weighted by molar-refractivity contribution is 9.10. The minimum absolute atomic E-state index is 0.0350. The Labute approximate surface area is 263 Å². The van der Waals surface area contributed by atoms with E-state index in [0.717, 1.165) is 16.2 Å². The maximum absolute atomic E-state index is 14.1. The quantitative estimate of drug-likeness (QED) is 0.0685. The lowest BCUT2D eigenvalue weighted by Crippen LogP contribution is -2.30. The van der Waals surface area contributed by atoms with Crippen LogP contribution >= 0.6 is 27.7 Å². The van der Waals surface area contributed by atoms with Crippen molar-refractivity contribution in [1.82, 2.24) is 5.32 Å². The van der Waals surface area contributed by atoms with Crippen LogP contribution in [0.3, 0.4) is 0 Å². The number of amides is 3. The van der Waals surface area contributed by atoms with E-state index in [1.807, 2.05) is 11.4 Å². The van der Waals surface area contributed by atoms with Gasteiger partial charge in [0.15, 0.2) is 23.3 Å². The van der Waals surface area contributed by atoms with Gasteiger partial charge in [-0.1, -0.05) is 59.3 Å². The maximum atomic E-state index is 14.1. The molecule has 0 aliphatic rings. The van der Waals surface area contributed by atoms with Crippen LogP contribution in [0.2, 0.25) is 0 Å². The molecule has 0 aromatic heterocycles. The lowest BCUT2D eigenvalue weighted by molar-refractivity contribution is -0.116. The Balaban J connectivity index is 1.52. The van der Waals surface area contributed by atoms with Crippen LogP contribution in [0.15, 0.2) is 100.0 Å². The minimum atomic E-state index is -1.71. The van der Waals surface area contributed by atoms with Crippen molar-refractivity contribution in [3.8, 4) is 0 Å². The first-order valence-electron chi connectivity index (χ1n) is 13.1. The van der Waals surface area contributed by atoms with Gasteiger partial charge in [0.25, 0.3) is 11.8 Å². The third-order valence-corrected chi connectivity index (χ3v) is 7.93. The van der Waals surface area contributed by atoms with Crippen LogP contribution in [-0.2, 0) is 9.59 Å². The molecule has 3 N–H and O–H groups in total. The highest BCUT2D eigenvalue weighted by Gasteiger charge is 2.25. The van der Waals surface area contributed by atoms with Crippen LogP contribution in [0.25, 0.3) is 6.08 Å². The van der Waals surface area contributed by atoms with Gasteiger partial charge in [-0.15, -0.1) is 11.8 Å². The molecule has 0 radical (unpaired) electrons. The fourth-order valence-electron chi connectivity index (χ4n) is 3.92. The Morgan fingerprint density at radius 3 is 2.18 bits per heavy atom. The second kappa shape index (κ2) is 14.8. The molecular formula is C32H24BrF4N3O3S. The number of hydrogen-bond donors (Lipinski definition) is 3. The van der Waals surface area contributed by atoms with Crippen LogP contribution in [0.4, 0.5) is 28.9 Å². The van der Waals surface area contributed by atoms with Crippen molar-refractivity contribution in [1.29, 1.82) is 0 Å². The zero-order chi connectivity index (χ0) is 31.8. The largest absolute Gasteiger partial charge is 0.321 e. The molecule has 0 bridgehead atoms. The summed E-state index contributed by atoms with van der Waals surface area (Å²) in [5.74, 6) is -8.71. The average molecular weight is 687 g/mol. The Bertz CT molecular complexity index is 1710. The topological polar surface area (TPSA) is 87.3 Å². The molecule has 0 saturated heterocycles. The van der Waals surface area contributed by atoms with Crippen LogP contribution < -0.4 is 16.0 Å². The summed E-state index contributed by atoms with van der Waals surface area (Å²) in [5.41, 5.74) is 0.0734. The molecular weight excluding hydrogens is 662 g/mol. The van der Waals surface area contributed by atoms with Gasteiger partial charge in [-0.25, -0.2) is 17.6 Å². The van der Waals surface area contributed by atoms with Gasteiger partial charge >= 0.3 is 0 Å². The summed E-state index contributed by atoms with van der Waals surface area (Å²) in [6.45, 7) is 1.65. The monoisotopic (exact) mass is 685 g/mol. The molecule has 12 heteroatoms. The minimum Gasteiger partial charge on any atom is -0.321 e. The van der Waals surface area contributed by atoms with Crippen molar-refractivity contribution in [3.63, 3.8) is 0 Å². The molecule has 0 aliphatic heterocycles. The number of halogens is 5. The first-order chi connectivity index (χ1) is 21.0. The fraction of sp³-hybridized carbons (Fsp3) is 0.0938. The van der Waals surface area contributed by atoms with Crippen LogP contribution in [0.5, 0.6) is 0 Å². The molecule has 1 unspecified atom stereocenters. The van der Waals surface area contributed by atoms with Gasteiger partial charge in [-0.3, -0.25) is 14.4 Å². The summed E-state index contributed by atoms with van der Waals surface area (Å²) in [6.07, 6.45) is 1.71. The second-order valence-corrected chi connectivity index (χ2v) is 11.5. The van der Waals surface area contributed by atoms with E-state index in [-0.39, 0.29) is 18.2 Å². The summed E-state index contributed by atoms with van der Waals surface area (Å²) in [7, 11) is 0. The lowest BCUT2D eigenvalue weighted by Gasteiger charge is -2.17. The number of nitrogens with one attached hydrogen (secondary N) is 3. The first-order valence-corrected chi connectivity index (χ1v) is 14.8. The number of benzene rings is 4. The van der Waals surface area contributed by atoms with Gasteiger partial charge in [0.2, 0.25) is 5.91 Å². The predicted octanol–water partition coefficient (Wildman–Crippen LogP) is 7.92. The van der Waals surface area contributed by atoms with Gasteiger partial charge in [-0.2, -0.15) is 0 Å². The molecule has 4 aromatic carbocycles. The number of carbonyl (C=O) groups excluding carboxylic acids is 3. The Morgan fingerprint density at radius 1 is 0.841 bits per heavy atom. The SMILES string of the molecule is CCC(Sc1cccc(NC(=O)/C(=C\c2cccc(Br)c2)NC(=O)c2ccccc2)c1)C(=O)Nc1c(F)c(F)cc(F)c1F. The van der Waals surface area contributed by atoms with Crippen LogP contribution in [0.1, 0.15) is 29.3 Å². The zero-order valence-corrected chi connectivity index (χ0v) is 25.4. The van der Waals surface area contributed by atoms with Crippen molar-refractivity contribution in [3.05, 3.63) is 129 Å². The second-order valence-electron chi connectivity index (χ2n) is 9.26. The molecule has 0 heterocycles. The summed E-state index contributed by atoms with van der Waals surface area (Å²) in [4.78, 5) is 39.6. The third kappa shape index (κ3) is 8.35.